The molecule has 1 fully saturated rings. The predicted molar refractivity (Wildman–Crippen MR) is 99.0 cm³/mol. The van der Waals surface area contributed by atoms with Crippen LogP contribution in [0.1, 0.15) is 28.8 Å². The zero-order chi connectivity index (χ0) is 18.7. The highest BCUT2D eigenvalue weighted by molar-refractivity contribution is 7.88. The molecule has 3 rings (SSSR count). The number of benzene rings is 2. The fraction of sp³-hybridized carbons (Fsp3) is 0.222. The van der Waals surface area contributed by atoms with Crippen molar-refractivity contribution < 1.29 is 18.0 Å². The minimum Gasteiger partial charge on any atom is -0.326 e. The lowest BCUT2D eigenvalue weighted by molar-refractivity contribution is -0.117. The molecule has 0 bridgehead atoms. The topological polar surface area (TPSA) is 118 Å². The molecule has 8 heteroatoms. The van der Waals surface area contributed by atoms with Gasteiger partial charge in [-0.2, -0.15) is 0 Å². The lowest BCUT2D eigenvalue weighted by atomic mass is 10.1. The number of carbonyl (C=O) groups is 2. The van der Waals surface area contributed by atoms with Gasteiger partial charge in [-0.3, -0.25) is 9.59 Å². The van der Waals surface area contributed by atoms with E-state index in [1.807, 2.05) is 0 Å². The van der Waals surface area contributed by atoms with Crippen LogP contribution in [0.3, 0.4) is 0 Å². The first-order chi connectivity index (χ1) is 12.3. The van der Waals surface area contributed by atoms with Gasteiger partial charge >= 0.3 is 0 Å². The molecule has 0 heterocycles. The fourth-order valence-corrected chi connectivity index (χ4v) is 3.11. The Balaban J connectivity index is 1.64. The van der Waals surface area contributed by atoms with Crippen molar-refractivity contribution >= 4 is 33.2 Å². The van der Waals surface area contributed by atoms with Gasteiger partial charge in [-0.1, -0.05) is 12.1 Å². The Morgan fingerprint density at radius 3 is 2.31 bits per heavy atom. The van der Waals surface area contributed by atoms with Gasteiger partial charge in [0.05, 0.1) is 5.75 Å². The molecule has 1 aliphatic rings. The van der Waals surface area contributed by atoms with Crippen LogP contribution in [-0.4, -0.2) is 20.2 Å². The summed E-state index contributed by atoms with van der Waals surface area (Å²) in [4.78, 5) is 24.0. The molecular weight excluding hydrogens is 354 g/mol. The van der Waals surface area contributed by atoms with Gasteiger partial charge in [-0.05, 0) is 54.8 Å². The van der Waals surface area contributed by atoms with Crippen LogP contribution in [0.15, 0.2) is 48.5 Å². The molecule has 136 valence electrons. The van der Waals surface area contributed by atoms with Crippen molar-refractivity contribution in [1.29, 1.82) is 0 Å². The Kier molecular flexibility index (Phi) is 5.06. The lowest BCUT2D eigenvalue weighted by Crippen LogP contribution is -2.15. The molecule has 1 aliphatic carbocycles. The van der Waals surface area contributed by atoms with Crippen LogP contribution in [0, 0.1) is 5.92 Å². The Morgan fingerprint density at radius 2 is 1.69 bits per heavy atom. The van der Waals surface area contributed by atoms with Crippen molar-refractivity contribution in [1.82, 2.24) is 0 Å². The molecule has 0 saturated heterocycles. The van der Waals surface area contributed by atoms with Gasteiger partial charge in [0.1, 0.15) is 0 Å². The summed E-state index contributed by atoms with van der Waals surface area (Å²) in [7, 11) is -3.64. The zero-order valence-corrected chi connectivity index (χ0v) is 14.8. The normalized spacial score (nSPS) is 13.9. The van der Waals surface area contributed by atoms with Crippen molar-refractivity contribution in [2.75, 3.05) is 10.6 Å². The minimum absolute atomic E-state index is 0.00822. The van der Waals surface area contributed by atoms with Gasteiger partial charge in [-0.25, -0.2) is 13.6 Å². The van der Waals surface area contributed by atoms with Crippen LogP contribution in [-0.2, 0) is 20.6 Å². The van der Waals surface area contributed by atoms with Crippen molar-refractivity contribution in [2.45, 2.75) is 18.6 Å². The predicted octanol–water partition coefficient (Wildman–Crippen LogP) is 2.08. The average molecular weight is 373 g/mol. The second-order valence-electron chi connectivity index (χ2n) is 6.30. The molecule has 0 spiro atoms. The number of anilines is 2. The molecule has 2 aromatic carbocycles. The number of rotatable bonds is 6. The first kappa shape index (κ1) is 18.1. The molecule has 4 N–H and O–H groups in total. The smallest absolute Gasteiger partial charge is 0.255 e. The number of carbonyl (C=O) groups excluding carboxylic acids is 2. The van der Waals surface area contributed by atoms with Crippen LogP contribution in [0.5, 0.6) is 0 Å². The standard InChI is InChI=1S/C18H19N3O4S/c19-26(24,25)11-12-2-1-3-16(10-12)21-18(23)14-6-8-15(9-7-14)20-17(22)13-4-5-13/h1-3,6-10,13H,4-5,11H2,(H,20,22)(H,21,23)(H2,19,24,25). The highest BCUT2D eigenvalue weighted by Crippen LogP contribution is 2.30. The van der Waals surface area contributed by atoms with E-state index in [2.05, 4.69) is 10.6 Å². The van der Waals surface area contributed by atoms with Crippen molar-refractivity contribution in [2.24, 2.45) is 11.1 Å². The number of sulfonamides is 1. The van der Waals surface area contributed by atoms with Crippen LogP contribution >= 0.6 is 0 Å². The van der Waals surface area contributed by atoms with Gasteiger partial charge in [0.2, 0.25) is 15.9 Å². The second kappa shape index (κ2) is 7.27. The molecule has 0 aromatic heterocycles. The summed E-state index contributed by atoms with van der Waals surface area (Å²) in [6.07, 6.45) is 1.85. The summed E-state index contributed by atoms with van der Waals surface area (Å²) in [6.45, 7) is 0. The molecule has 26 heavy (non-hydrogen) atoms. The number of hydrogen-bond donors (Lipinski definition) is 3. The maximum absolute atomic E-state index is 12.3. The monoisotopic (exact) mass is 373 g/mol. The Hall–Kier alpha value is -2.71. The number of nitrogens with two attached hydrogens (primary N) is 1. The number of amides is 2. The summed E-state index contributed by atoms with van der Waals surface area (Å²) in [6, 6.07) is 13.1. The summed E-state index contributed by atoms with van der Waals surface area (Å²) in [5, 5.41) is 10.6. The van der Waals surface area contributed by atoms with Gasteiger partial charge in [0.15, 0.2) is 0 Å². The fourth-order valence-electron chi connectivity index (χ4n) is 2.47. The van der Waals surface area contributed by atoms with Crippen LogP contribution < -0.4 is 15.8 Å². The number of nitrogens with one attached hydrogen (secondary N) is 2. The molecule has 2 aromatic rings. The summed E-state index contributed by atoms with van der Waals surface area (Å²) < 4.78 is 22.3. The van der Waals surface area contributed by atoms with E-state index in [-0.39, 0.29) is 23.5 Å². The molecule has 0 radical (unpaired) electrons. The largest absolute Gasteiger partial charge is 0.326 e. The number of hydrogen-bond acceptors (Lipinski definition) is 4. The second-order valence-corrected chi connectivity index (χ2v) is 7.92. The quantitative estimate of drug-likeness (QED) is 0.718. The first-order valence-corrected chi connectivity index (χ1v) is 9.83. The molecular formula is C18H19N3O4S. The first-order valence-electron chi connectivity index (χ1n) is 8.12. The van der Waals surface area contributed by atoms with Crippen molar-refractivity contribution in [3.63, 3.8) is 0 Å². The van der Waals surface area contributed by atoms with Gasteiger partial charge < -0.3 is 10.6 Å². The van der Waals surface area contributed by atoms with Crippen LogP contribution in [0.2, 0.25) is 0 Å². The summed E-state index contributed by atoms with van der Waals surface area (Å²) >= 11 is 0. The Bertz CT molecular complexity index is 935. The molecule has 0 atom stereocenters. The molecule has 7 nitrogen and oxygen atoms in total. The molecule has 0 unspecified atom stereocenters. The summed E-state index contributed by atoms with van der Waals surface area (Å²) in [5.41, 5.74) is 2.03. The average Bonchev–Trinajstić information content (AvgIpc) is 3.39. The molecule has 1 saturated carbocycles. The van der Waals surface area contributed by atoms with Gasteiger partial charge in [0.25, 0.3) is 5.91 Å². The molecule has 2 amide bonds. The van der Waals surface area contributed by atoms with E-state index in [4.69, 9.17) is 5.14 Å². The highest BCUT2D eigenvalue weighted by Gasteiger charge is 2.29. The Labute approximate surface area is 151 Å². The van der Waals surface area contributed by atoms with E-state index in [0.29, 0.717) is 22.5 Å². The third-order valence-electron chi connectivity index (χ3n) is 3.92. The van der Waals surface area contributed by atoms with E-state index >= 15 is 0 Å². The van der Waals surface area contributed by atoms with E-state index in [1.165, 1.54) is 0 Å². The third-order valence-corrected chi connectivity index (χ3v) is 4.65. The molecule has 0 aliphatic heterocycles. The van der Waals surface area contributed by atoms with Crippen molar-refractivity contribution in [3.8, 4) is 0 Å². The van der Waals surface area contributed by atoms with Crippen LogP contribution in [0.4, 0.5) is 11.4 Å². The maximum atomic E-state index is 12.3. The summed E-state index contributed by atoms with van der Waals surface area (Å²) in [5.74, 6) is -0.513. The van der Waals surface area contributed by atoms with Gasteiger partial charge in [0, 0.05) is 22.9 Å². The van der Waals surface area contributed by atoms with E-state index in [9.17, 15) is 18.0 Å². The van der Waals surface area contributed by atoms with Gasteiger partial charge in [-0.15, -0.1) is 0 Å². The van der Waals surface area contributed by atoms with Crippen LogP contribution in [0.25, 0.3) is 0 Å². The minimum atomic E-state index is -3.64. The third kappa shape index (κ3) is 5.14. The van der Waals surface area contributed by atoms with E-state index in [1.54, 1.807) is 48.5 Å². The number of primary sulfonamides is 1. The highest BCUT2D eigenvalue weighted by atomic mass is 32.2. The Morgan fingerprint density at radius 1 is 1.00 bits per heavy atom. The van der Waals surface area contributed by atoms with E-state index in [0.717, 1.165) is 12.8 Å². The maximum Gasteiger partial charge on any atom is 0.255 e. The SMILES string of the molecule is NS(=O)(=O)Cc1cccc(NC(=O)c2ccc(NC(=O)C3CC3)cc2)c1. The van der Waals surface area contributed by atoms with E-state index < -0.39 is 10.0 Å². The van der Waals surface area contributed by atoms with Crippen molar-refractivity contribution in [3.05, 3.63) is 59.7 Å². The zero-order valence-electron chi connectivity index (χ0n) is 13.9. The lowest BCUT2D eigenvalue weighted by Gasteiger charge is -2.08.